The number of morpholine rings is 1. The Labute approximate surface area is 131 Å². The zero-order chi connectivity index (χ0) is 15.7. The second kappa shape index (κ2) is 6.01. The second-order valence-corrected chi connectivity index (χ2v) is 7.38. The highest BCUT2D eigenvalue weighted by molar-refractivity contribution is 7.98. The van der Waals surface area contributed by atoms with Gasteiger partial charge in [0, 0.05) is 25.7 Å². The normalized spacial score (nSPS) is 20.4. The summed E-state index contributed by atoms with van der Waals surface area (Å²) in [4.78, 5) is 11.5. The van der Waals surface area contributed by atoms with Crippen LogP contribution in [-0.4, -0.2) is 47.1 Å². The minimum Gasteiger partial charge on any atom is -0.370 e. The largest absolute Gasteiger partial charge is 0.370 e. The van der Waals surface area contributed by atoms with Crippen LogP contribution in [-0.2, 0) is 4.74 Å². The zero-order valence-corrected chi connectivity index (χ0v) is 14.7. The van der Waals surface area contributed by atoms with E-state index < -0.39 is 0 Å². The summed E-state index contributed by atoms with van der Waals surface area (Å²) >= 11 is 1.57. The molecule has 0 saturated carbocycles. The Balaban J connectivity index is 2.33. The fourth-order valence-electron chi connectivity index (χ4n) is 2.89. The number of nitrogens with zero attached hydrogens (tertiary/aromatic N) is 3. The summed E-state index contributed by atoms with van der Waals surface area (Å²) in [6.07, 6.45) is 2.00. The molecule has 1 aromatic rings. The van der Waals surface area contributed by atoms with Crippen LogP contribution in [0.25, 0.3) is 0 Å². The number of anilines is 2. The lowest BCUT2D eigenvalue weighted by Crippen LogP contribution is -2.57. The molecule has 0 atom stereocenters. The van der Waals surface area contributed by atoms with Gasteiger partial charge >= 0.3 is 0 Å². The molecule has 1 N–H and O–H groups in total. The molecule has 5 nitrogen and oxygen atoms in total. The highest BCUT2D eigenvalue weighted by Crippen LogP contribution is 2.31. The van der Waals surface area contributed by atoms with Crippen molar-refractivity contribution >= 4 is 23.4 Å². The van der Waals surface area contributed by atoms with Gasteiger partial charge in [0.05, 0.1) is 11.2 Å². The average Bonchev–Trinajstić information content (AvgIpc) is 2.35. The van der Waals surface area contributed by atoms with Crippen LogP contribution in [0.1, 0.15) is 34.6 Å². The first-order chi connectivity index (χ1) is 9.74. The van der Waals surface area contributed by atoms with E-state index in [9.17, 15) is 0 Å². The van der Waals surface area contributed by atoms with Gasteiger partial charge in [0.15, 0.2) is 5.16 Å². The summed E-state index contributed by atoms with van der Waals surface area (Å²) in [7, 11) is 0. The molecule has 21 heavy (non-hydrogen) atoms. The molecule has 1 aliphatic heterocycles. The Bertz CT molecular complexity index is 488. The molecule has 2 heterocycles. The molecule has 1 aromatic heterocycles. The molecule has 0 radical (unpaired) electrons. The van der Waals surface area contributed by atoms with Crippen LogP contribution in [0.5, 0.6) is 0 Å². The van der Waals surface area contributed by atoms with Gasteiger partial charge in [-0.2, -0.15) is 0 Å². The molecular formula is C15H26N4OS. The van der Waals surface area contributed by atoms with Gasteiger partial charge in [-0.25, -0.2) is 9.97 Å². The number of thioether (sulfide) groups is 1. The Morgan fingerprint density at radius 1 is 1.24 bits per heavy atom. The third-order valence-corrected chi connectivity index (χ3v) is 3.80. The van der Waals surface area contributed by atoms with Crippen molar-refractivity contribution in [3.8, 4) is 0 Å². The third kappa shape index (κ3) is 4.23. The zero-order valence-electron chi connectivity index (χ0n) is 13.9. The van der Waals surface area contributed by atoms with Crippen LogP contribution in [0.4, 0.5) is 11.6 Å². The molecule has 0 unspecified atom stereocenters. The molecule has 1 saturated heterocycles. The molecule has 0 aliphatic carbocycles. The van der Waals surface area contributed by atoms with E-state index in [4.69, 9.17) is 4.74 Å². The molecule has 0 amide bonds. The van der Waals surface area contributed by atoms with Crippen molar-refractivity contribution in [3.63, 3.8) is 0 Å². The number of hydrogen-bond acceptors (Lipinski definition) is 6. The first kappa shape index (κ1) is 16.4. The summed E-state index contributed by atoms with van der Waals surface area (Å²) in [6.45, 7) is 13.1. The number of aromatic nitrogens is 2. The molecule has 1 fully saturated rings. The molecular weight excluding hydrogens is 284 g/mol. The molecule has 0 bridgehead atoms. The molecule has 0 aromatic carbocycles. The van der Waals surface area contributed by atoms with Crippen LogP contribution in [0.15, 0.2) is 11.2 Å². The fraction of sp³-hybridized carbons (Fsp3) is 0.733. The van der Waals surface area contributed by atoms with Crippen LogP contribution in [0.3, 0.4) is 0 Å². The van der Waals surface area contributed by atoms with Gasteiger partial charge in [0.2, 0.25) is 0 Å². The maximum atomic E-state index is 6.14. The van der Waals surface area contributed by atoms with Crippen molar-refractivity contribution in [2.75, 3.05) is 36.1 Å². The van der Waals surface area contributed by atoms with Gasteiger partial charge in [-0.3, -0.25) is 0 Å². The van der Waals surface area contributed by atoms with Crippen LogP contribution < -0.4 is 10.2 Å². The van der Waals surface area contributed by atoms with Crippen molar-refractivity contribution in [1.82, 2.24) is 9.97 Å². The minimum absolute atomic E-state index is 0.190. The summed E-state index contributed by atoms with van der Waals surface area (Å²) < 4.78 is 6.14. The van der Waals surface area contributed by atoms with Crippen molar-refractivity contribution in [2.45, 2.75) is 51.0 Å². The van der Waals surface area contributed by atoms with Crippen LogP contribution >= 0.6 is 11.8 Å². The topological polar surface area (TPSA) is 50.3 Å². The lowest BCUT2D eigenvalue weighted by molar-refractivity contribution is -0.133. The Morgan fingerprint density at radius 3 is 2.38 bits per heavy atom. The summed E-state index contributed by atoms with van der Waals surface area (Å²) in [5, 5.41) is 4.08. The van der Waals surface area contributed by atoms with Crippen LogP contribution in [0, 0.1) is 0 Å². The van der Waals surface area contributed by atoms with E-state index in [0.29, 0.717) is 0 Å². The van der Waals surface area contributed by atoms with Crippen molar-refractivity contribution < 1.29 is 4.74 Å². The maximum absolute atomic E-state index is 6.14. The van der Waals surface area contributed by atoms with E-state index in [1.807, 2.05) is 12.3 Å². The van der Waals surface area contributed by atoms with E-state index in [0.717, 1.165) is 36.4 Å². The Hall–Kier alpha value is -1.01. The minimum atomic E-state index is -0.190. The standard InChI is InChI=1S/C15H26N4OS/c1-7-16-11-8-12(18-13(17-11)21-6)19-9-14(2,3)20-15(4,5)10-19/h8H,7,9-10H2,1-6H3,(H,16,17,18). The van der Waals surface area contributed by atoms with Crippen molar-refractivity contribution in [2.24, 2.45) is 0 Å². The van der Waals surface area contributed by atoms with E-state index in [-0.39, 0.29) is 11.2 Å². The quantitative estimate of drug-likeness (QED) is 0.681. The smallest absolute Gasteiger partial charge is 0.191 e. The molecule has 2 rings (SSSR count). The van der Waals surface area contributed by atoms with Gasteiger partial charge < -0.3 is 15.0 Å². The Kier molecular flexibility index (Phi) is 4.68. The van der Waals surface area contributed by atoms with Crippen LogP contribution in [0.2, 0.25) is 0 Å². The van der Waals surface area contributed by atoms with Gasteiger partial charge in [-0.15, -0.1) is 0 Å². The molecule has 6 heteroatoms. The van der Waals surface area contributed by atoms with Gasteiger partial charge in [-0.05, 0) is 40.9 Å². The van der Waals surface area contributed by atoms with E-state index >= 15 is 0 Å². The molecule has 0 spiro atoms. The van der Waals surface area contributed by atoms with E-state index in [1.165, 1.54) is 0 Å². The monoisotopic (exact) mass is 310 g/mol. The third-order valence-electron chi connectivity index (χ3n) is 3.25. The highest BCUT2D eigenvalue weighted by atomic mass is 32.2. The maximum Gasteiger partial charge on any atom is 0.191 e. The highest BCUT2D eigenvalue weighted by Gasteiger charge is 2.38. The fourth-order valence-corrected chi connectivity index (χ4v) is 3.26. The number of nitrogens with one attached hydrogen (secondary N) is 1. The first-order valence-corrected chi connectivity index (χ1v) is 8.59. The lowest BCUT2D eigenvalue weighted by Gasteiger charge is -2.47. The SMILES string of the molecule is CCNc1cc(N2CC(C)(C)OC(C)(C)C2)nc(SC)n1. The molecule has 118 valence electrons. The first-order valence-electron chi connectivity index (χ1n) is 7.37. The van der Waals surface area contributed by atoms with Crippen molar-refractivity contribution in [1.29, 1.82) is 0 Å². The number of rotatable bonds is 4. The van der Waals surface area contributed by atoms with E-state index in [2.05, 4.69) is 54.8 Å². The second-order valence-electron chi connectivity index (χ2n) is 6.61. The van der Waals surface area contributed by atoms with Gasteiger partial charge in [0.25, 0.3) is 0 Å². The lowest BCUT2D eigenvalue weighted by atomic mass is 9.99. The average molecular weight is 310 g/mol. The predicted molar refractivity (Wildman–Crippen MR) is 89.4 cm³/mol. The summed E-state index contributed by atoms with van der Waals surface area (Å²) in [5.41, 5.74) is -0.380. The number of ether oxygens (including phenoxy) is 1. The van der Waals surface area contributed by atoms with Gasteiger partial charge in [-0.1, -0.05) is 11.8 Å². The summed E-state index contributed by atoms with van der Waals surface area (Å²) in [5.74, 6) is 1.85. The number of hydrogen-bond donors (Lipinski definition) is 1. The van der Waals surface area contributed by atoms with Crippen molar-refractivity contribution in [3.05, 3.63) is 6.07 Å². The van der Waals surface area contributed by atoms with Gasteiger partial charge in [0.1, 0.15) is 11.6 Å². The van der Waals surface area contributed by atoms with E-state index in [1.54, 1.807) is 11.8 Å². The summed E-state index contributed by atoms with van der Waals surface area (Å²) in [6, 6.07) is 2.03. The Morgan fingerprint density at radius 2 is 1.86 bits per heavy atom. The predicted octanol–water partition coefficient (Wildman–Crippen LogP) is 3.02. The molecule has 1 aliphatic rings.